The molecule has 4 nitrogen and oxygen atoms in total. The Kier molecular flexibility index (Phi) is 2.40. The SMILES string of the molecule is O=C(O)c1cc(-c2ccc3c(c2)SCC3)on1. The lowest BCUT2D eigenvalue weighted by atomic mass is 10.1. The molecule has 0 bridgehead atoms. The first-order valence-corrected chi connectivity index (χ1v) is 6.19. The van der Waals surface area contributed by atoms with Gasteiger partial charge in [-0.25, -0.2) is 4.79 Å². The van der Waals surface area contributed by atoms with E-state index < -0.39 is 5.97 Å². The highest BCUT2D eigenvalue weighted by molar-refractivity contribution is 7.99. The molecule has 5 heteroatoms. The number of aromatic nitrogens is 1. The van der Waals surface area contributed by atoms with Crippen molar-refractivity contribution >= 4 is 17.7 Å². The molecule has 0 spiro atoms. The van der Waals surface area contributed by atoms with Gasteiger partial charge in [0.15, 0.2) is 11.5 Å². The maximum absolute atomic E-state index is 10.7. The summed E-state index contributed by atoms with van der Waals surface area (Å²) in [6.45, 7) is 0. The predicted molar refractivity (Wildman–Crippen MR) is 63.3 cm³/mol. The van der Waals surface area contributed by atoms with Crippen molar-refractivity contribution in [2.75, 3.05) is 5.75 Å². The highest BCUT2D eigenvalue weighted by Gasteiger charge is 2.16. The van der Waals surface area contributed by atoms with Crippen LogP contribution >= 0.6 is 11.8 Å². The van der Waals surface area contributed by atoms with Crippen LogP contribution in [0.3, 0.4) is 0 Å². The third-order valence-electron chi connectivity index (χ3n) is 2.71. The Morgan fingerprint density at radius 3 is 3.06 bits per heavy atom. The first-order chi connectivity index (χ1) is 8.24. The van der Waals surface area contributed by atoms with Crippen LogP contribution in [-0.2, 0) is 6.42 Å². The number of rotatable bonds is 2. The standard InChI is InChI=1S/C12H9NO3S/c14-12(15)9-6-10(16-13-9)8-2-1-7-3-4-17-11(7)5-8/h1-2,5-6H,3-4H2,(H,14,15). The number of aromatic carboxylic acids is 1. The van der Waals surface area contributed by atoms with Crippen molar-refractivity contribution in [1.29, 1.82) is 0 Å². The maximum Gasteiger partial charge on any atom is 0.358 e. The molecule has 1 aliphatic rings. The van der Waals surface area contributed by atoms with Crippen molar-refractivity contribution in [2.45, 2.75) is 11.3 Å². The van der Waals surface area contributed by atoms with Crippen LogP contribution in [0.2, 0.25) is 0 Å². The zero-order valence-corrected chi connectivity index (χ0v) is 9.66. The molecule has 0 radical (unpaired) electrons. The zero-order chi connectivity index (χ0) is 11.8. The van der Waals surface area contributed by atoms with E-state index in [0.29, 0.717) is 5.76 Å². The molecule has 0 saturated carbocycles. The maximum atomic E-state index is 10.7. The van der Waals surface area contributed by atoms with Gasteiger partial charge in [-0.15, -0.1) is 11.8 Å². The third kappa shape index (κ3) is 1.82. The quantitative estimate of drug-likeness (QED) is 0.883. The van der Waals surface area contributed by atoms with Crippen LogP contribution in [0.15, 0.2) is 33.7 Å². The van der Waals surface area contributed by atoms with Crippen LogP contribution in [0.5, 0.6) is 0 Å². The van der Waals surface area contributed by atoms with E-state index in [4.69, 9.17) is 9.63 Å². The number of thioether (sulfide) groups is 1. The van der Waals surface area contributed by atoms with Gasteiger partial charge in [0, 0.05) is 22.3 Å². The summed E-state index contributed by atoms with van der Waals surface area (Å²) in [7, 11) is 0. The fraction of sp³-hybridized carbons (Fsp3) is 0.167. The van der Waals surface area contributed by atoms with Crippen molar-refractivity contribution in [3.63, 3.8) is 0 Å². The summed E-state index contributed by atoms with van der Waals surface area (Å²) in [5.74, 6) is 0.531. The first-order valence-electron chi connectivity index (χ1n) is 5.20. The number of hydrogen-bond acceptors (Lipinski definition) is 4. The second-order valence-corrected chi connectivity index (χ2v) is 4.94. The zero-order valence-electron chi connectivity index (χ0n) is 8.84. The summed E-state index contributed by atoms with van der Waals surface area (Å²) in [6.07, 6.45) is 1.09. The summed E-state index contributed by atoms with van der Waals surface area (Å²) >= 11 is 1.81. The molecular formula is C12H9NO3S. The summed E-state index contributed by atoms with van der Waals surface area (Å²) in [6, 6.07) is 7.48. The third-order valence-corrected chi connectivity index (χ3v) is 3.81. The molecule has 0 amide bonds. The molecule has 1 N–H and O–H groups in total. The molecule has 86 valence electrons. The molecule has 17 heavy (non-hydrogen) atoms. The molecule has 0 fully saturated rings. The largest absolute Gasteiger partial charge is 0.476 e. The van der Waals surface area contributed by atoms with Gasteiger partial charge in [-0.05, 0) is 18.1 Å². The molecule has 1 aliphatic heterocycles. The molecule has 2 heterocycles. The number of carboxylic acid groups (broad SMARTS) is 1. The van der Waals surface area contributed by atoms with E-state index >= 15 is 0 Å². The predicted octanol–water partition coefficient (Wildman–Crippen LogP) is 2.69. The van der Waals surface area contributed by atoms with Crippen LogP contribution in [-0.4, -0.2) is 22.0 Å². The van der Waals surface area contributed by atoms with Gasteiger partial charge < -0.3 is 9.63 Å². The van der Waals surface area contributed by atoms with Crippen molar-refractivity contribution in [3.8, 4) is 11.3 Å². The van der Waals surface area contributed by atoms with E-state index in [1.807, 2.05) is 23.9 Å². The Balaban J connectivity index is 2.00. The average Bonchev–Trinajstić information content (AvgIpc) is 2.97. The second-order valence-electron chi connectivity index (χ2n) is 3.80. The van der Waals surface area contributed by atoms with Gasteiger partial charge in [-0.1, -0.05) is 17.3 Å². The van der Waals surface area contributed by atoms with Crippen molar-refractivity contribution in [1.82, 2.24) is 5.16 Å². The van der Waals surface area contributed by atoms with Crippen molar-refractivity contribution in [2.24, 2.45) is 0 Å². The second kappa shape index (κ2) is 3.92. The van der Waals surface area contributed by atoms with Crippen LogP contribution < -0.4 is 0 Å². The van der Waals surface area contributed by atoms with Gasteiger partial charge in [0.2, 0.25) is 0 Å². The van der Waals surface area contributed by atoms with Gasteiger partial charge in [0.25, 0.3) is 0 Å². The van der Waals surface area contributed by atoms with E-state index in [-0.39, 0.29) is 5.69 Å². The van der Waals surface area contributed by atoms with Crippen LogP contribution in [0, 0.1) is 0 Å². The molecule has 2 aromatic rings. The minimum atomic E-state index is -1.07. The van der Waals surface area contributed by atoms with E-state index in [0.717, 1.165) is 17.7 Å². The summed E-state index contributed by atoms with van der Waals surface area (Å²) < 4.78 is 5.03. The van der Waals surface area contributed by atoms with Gasteiger partial charge in [-0.2, -0.15) is 0 Å². The van der Waals surface area contributed by atoms with Gasteiger partial charge in [0.1, 0.15) is 0 Å². The molecular weight excluding hydrogens is 238 g/mol. The molecule has 1 aromatic carbocycles. The minimum Gasteiger partial charge on any atom is -0.476 e. The number of benzene rings is 1. The first kappa shape index (κ1) is 10.4. The molecule has 1 aromatic heterocycles. The number of fused-ring (bicyclic) bond motifs is 1. The summed E-state index contributed by atoms with van der Waals surface area (Å²) in [5, 5.41) is 12.3. The van der Waals surface area contributed by atoms with E-state index in [9.17, 15) is 4.79 Å². The highest BCUT2D eigenvalue weighted by atomic mass is 32.2. The number of carboxylic acids is 1. The fourth-order valence-corrected chi connectivity index (χ4v) is 2.94. The van der Waals surface area contributed by atoms with Crippen molar-refractivity contribution < 1.29 is 14.4 Å². The van der Waals surface area contributed by atoms with E-state index in [2.05, 4.69) is 11.2 Å². The van der Waals surface area contributed by atoms with Gasteiger partial charge >= 0.3 is 5.97 Å². The number of aryl methyl sites for hydroxylation is 1. The van der Waals surface area contributed by atoms with Crippen LogP contribution in [0.4, 0.5) is 0 Å². The van der Waals surface area contributed by atoms with E-state index in [1.165, 1.54) is 16.5 Å². The number of nitrogens with zero attached hydrogens (tertiary/aromatic N) is 1. The molecule has 0 atom stereocenters. The number of hydrogen-bond donors (Lipinski definition) is 1. The lowest BCUT2D eigenvalue weighted by Crippen LogP contribution is -1.94. The van der Waals surface area contributed by atoms with Crippen molar-refractivity contribution in [3.05, 3.63) is 35.5 Å². The Bertz CT molecular complexity index is 591. The summed E-state index contributed by atoms with van der Waals surface area (Å²) in [5.41, 5.74) is 2.16. The Morgan fingerprint density at radius 1 is 1.41 bits per heavy atom. The lowest BCUT2D eigenvalue weighted by molar-refractivity contribution is 0.0686. The van der Waals surface area contributed by atoms with E-state index in [1.54, 1.807) is 0 Å². The Morgan fingerprint density at radius 2 is 2.29 bits per heavy atom. The molecule has 0 unspecified atom stereocenters. The monoisotopic (exact) mass is 247 g/mol. The Labute approximate surface area is 102 Å². The molecule has 0 aliphatic carbocycles. The average molecular weight is 247 g/mol. The lowest BCUT2D eigenvalue weighted by Gasteiger charge is -2.00. The topological polar surface area (TPSA) is 63.3 Å². The minimum absolute atomic E-state index is 0.0619. The number of carbonyl (C=O) groups is 1. The Hall–Kier alpha value is -1.75. The van der Waals surface area contributed by atoms with Crippen LogP contribution in [0.25, 0.3) is 11.3 Å². The molecule has 3 rings (SSSR count). The fourth-order valence-electron chi connectivity index (χ4n) is 1.83. The normalized spacial score (nSPS) is 13.6. The highest BCUT2D eigenvalue weighted by Crippen LogP contribution is 2.34. The van der Waals surface area contributed by atoms with Crippen LogP contribution in [0.1, 0.15) is 16.1 Å². The van der Waals surface area contributed by atoms with Gasteiger partial charge in [-0.3, -0.25) is 0 Å². The smallest absolute Gasteiger partial charge is 0.358 e. The molecule has 0 saturated heterocycles. The summed E-state index contributed by atoms with van der Waals surface area (Å²) in [4.78, 5) is 12.0. The van der Waals surface area contributed by atoms with Gasteiger partial charge in [0.05, 0.1) is 0 Å².